The van der Waals surface area contributed by atoms with Crippen LogP contribution in [0.15, 0.2) is 12.1 Å². The van der Waals surface area contributed by atoms with Crippen molar-refractivity contribution in [3.05, 3.63) is 31.9 Å². The van der Waals surface area contributed by atoms with Crippen molar-refractivity contribution >= 4 is 51.0 Å². The van der Waals surface area contributed by atoms with Gasteiger partial charge >= 0.3 is 0 Å². The van der Waals surface area contributed by atoms with Gasteiger partial charge < -0.3 is 0 Å². The van der Waals surface area contributed by atoms with Crippen molar-refractivity contribution in [1.82, 2.24) is 0 Å². The molecule has 0 N–H and O–H groups in total. The van der Waals surface area contributed by atoms with Crippen LogP contribution in [0.4, 0.5) is 0 Å². The summed E-state index contributed by atoms with van der Waals surface area (Å²) in [6, 6.07) is 3.52. The van der Waals surface area contributed by atoms with Crippen LogP contribution in [0, 0.1) is 10.5 Å². The number of rotatable bonds is 1. The molecule has 64 valence electrons. The third kappa shape index (κ3) is 2.12. The maximum Gasteiger partial charge on any atom is 0.253 e. The molecule has 1 rings (SSSR count). The first-order valence-corrected chi connectivity index (χ1v) is 5.01. The zero-order valence-electron chi connectivity index (χ0n) is 6.20. The molecule has 0 amide bonds. The Morgan fingerprint density at radius 3 is 2.58 bits per heavy atom. The second-order valence-electron chi connectivity index (χ2n) is 2.38. The number of carbonyl (C=O) groups is 1. The van der Waals surface area contributed by atoms with Gasteiger partial charge in [0, 0.05) is 9.13 Å². The molecule has 0 bridgehead atoms. The minimum atomic E-state index is -0.468. The van der Waals surface area contributed by atoms with Crippen LogP contribution in [0.5, 0.6) is 0 Å². The van der Waals surface area contributed by atoms with Crippen LogP contribution in [-0.4, -0.2) is 5.24 Å². The zero-order valence-corrected chi connectivity index (χ0v) is 9.87. The van der Waals surface area contributed by atoms with E-state index in [4.69, 9.17) is 23.2 Å². The molecule has 0 radical (unpaired) electrons. The summed E-state index contributed by atoms with van der Waals surface area (Å²) < 4.78 is 0.708. The Balaban J connectivity index is 3.37. The summed E-state index contributed by atoms with van der Waals surface area (Å²) in [5.74, 6) is 0. The Hall–Kier alpha value is 0.200. The topological polar surface area (TPSA) is 17.1 Å². The lowest BCUT2D eigenvalue weighted by atomic mass is 10.1. The molecule has 0 atom stereocenters. The van der Waals surface area contributed by atoms with Crippen LogP contribution in [0.2, 0.25) is 5.02 Å². The van der Waals surface area contributed by atoms with Gasteiger partial charge in [0.2, 0.25) is 0 Å². The molecule has 4 heteroatoms. The third-order valence-electron chi connectivity index (χ3n) is 1.38. The number of carbonyl (C=O) groups excluding carboxylic acids is 1. The molecule has 0 aliphatic carbocycles. The highest BCUT2D eigenvalue weighted by atomic mass is 127. The van der Waals surface area contributed by atoms with Crippen molar-refractivity contribution in [2.24, 2.45) is 0 Å². The molecule has 0 heterocycles. The van der Waals surface area contributed by atoms with E-state index in [1.807, 2.05) is 29.5 Å². The summed E-state index contributed by atoms with van der Waals surface area (Å²) in [5, 5.41) is 0.101. The lowest BCUT2D eigenvalue weighted by Crippen LogP contribution is -1.94. The molecule has 0 aromatic heterocycles. The van der Waals surface area contributed by atoms with E-state index in [9.17, 15) is 4.79 Å². The lowest BCUT2D eigenvalue weighted by molar-refractivity contribution is 0.108. The molecule has 0 saturated carbocycles. The Bertz CT molecular complexity index is 336. The van der Waals surface area contributed by atoms with Crippen molar-refractivity contribution < 1.29 is 4.79 Å². The van der Waals surface area contributed by atoms with Gasteiger partial charge in [-0.15, -0.1) is 0 Å². The number of hydrogen-bond acceptors (Lipinski definition) is 1. The average molecular weight is 315 g/mol. The van der Waals surface area contributed by atoms with Gasteiger partial charge in [0.1, 0.15) is 0 Å². The molecule has 0 spiro atoms. The van der Waals surface area contributed by atoms with Gasteiger partial charge in [-0.2, -0.15) is 0 Å². The Labute approximate surface area is 94.2 Å². The third-order valence-corrected chi connectivity index (χ3v) is 3.37. The smallest absolute Gasteiger partial charge is 0.253 e. The van der Waals surface area contributed by atoms with Crippen molar-refractivity contribution in [2.75, 3.05) is 0 Å². The highest BCUT2D eigenvalue weighted by Gasteiger charge is 2.10. The van der Waals surface area contributed by atoms with E-state index < -0.39 is 5.24 Å². The van der Waals surface area contributed by atoms with Crippen molar-refractivity contribution in [3.8, 4) is 0 Å². The fourth-order valence-corrected chi connectivity index (χ4v) is 2.01. The molecule has 0 saturated heterocycles. The van der Waals surface area contributed by atoms with Crippen LogP contribution in [0.1, 0.15) is 15.9 Å². The summed E-state index contributed by atoms with van der Waals surface area (Å²) in [5.41, 5.74) is 1.41. The zero-order chi connectivity index (χ0) is 9.30. The first-order valence-electron chi connectivity index (χ1n) is 3.18. The fourth-order valence-electron chi connectivity index (χ4n) is 0.868. The molecule has 12 heavy (non-hydrogen) atoms. The summed E-state index contributed by atoms with van der Waals surface area (Å²) in [6.07, 6.45) is 0. The molecule has 0 aliphatic rings. The predicted octanol–water partition coefficient (Wildman–Crippen LogP) is 3.63. The average Bonchev–Trinajstić information content (AvgIpc) is 1.96. The van der Waals surface area contributed by atoms with E-state index in [2.05, 4.69) is 0 Å². The van der Waals surface area contributed by atoms with Gasteiger partial charge in [-0.1, -0.05) is 11.6 Å². The minimum Gasteiger partial charge on any atom is -0.276 e. The Morgan fingerprint density at radius 2 is 2.08 bits per heavy atom. The van der Waals surface area contributed by atoms with E-state index in [1.54, 1.807) is 12.1 Å². The second-order valence-corrected chi connectivity index (χ2v) is 4.21. The molecule has 1 nitrogen and oxygen atoms in total. The van der Waals surface area contributed by atoms with E-state index in [0.717, 1.165) is 5.56 Å². The summed E-state index contributed by atoms with van der Waals surface area (Å²) in [4.78, 5) is 10.9. The summed E-state index contributed by atoms with van der Waals surface area (Å²) in [7, 11) is 0. The van der Waals surface area contributed by atoms with Gasteiger partial charge in [-0.05, 0) is 58.8 Å². The number of aryl methyl sites for hydroxylation is 1. The molecular formula is C8H5Cl2IO. The van der Waals surface area contributed by atoms with Gasteiger partial charge in [0.05, 0.1) is 5.02 Å². The van der Waals surface area contributed by atoms with Crippen LogP contribution < -0.4 is 0 Å². The molecule has 0 fully saturated rings. The summed E-state index contributed by atoms with van der Waals surface area (Å²) in [6.45, 7) is 1.87. The second kappa shape index (κ2) is 3.94. The Kier molecular flexibility index (Phi) is 3.37. The Morgan fingerprint density at radius 1 is 1.50 bits per heavy atom. The van der Waals surface area contributed by atoms with E-state index in [1.165, 1.54) is 0 Å². The first kappa shape index (κ1) is 10.3. The normalized spacial score (nSPS) is 10.0. The molecule has 0 aliphatic heterocycles. The standard InChI is InChI=1S/C8H5Cl2IO/c1-4-2-5(8(10)12)7(11)6(9)3-4/h2-3H,1H3. The molecule has 1 aromatic carbocycles. The van der Waals surface area contributed by atoms with E-state index >= 15 is 0 Å². The van der Waals surface area contributed by atoms with Crippen LogP contribution in [-0.2, 0) is 0 Å². The lowest BCUT2D eigenvalue weighted by Gasteiger charge is -2.02. The van der Waals surface area contributed by atoms with Crippen molar-refractivity contribution in [1.29, 1.82) is 0 Å². The molecular weight excluding hydrogens is 310 g/mol. The van der Waals surface area contributed by atoms with Gasteiger partial charge in [0.15, 0.2) is 0 Å². The number of benzene rings is 1. The van der Waals surface area contributed by atoms with Crippen LogP contribution in [0.25, 0.3) is 0 Å². The highest BCUT2D eigenvalue weighted by molar-refractivity contribution is 14.1. The monoisotopic (exact) mass is 314 g/mol. The van der Waals surface area contributed by atoms with Gasteiger partial charge in [-0.3, -0.25) is 4.79 Å². The highest BCUT2D eigenvalue weighted by Crippen LogP contribution is 2.25. The SMILES string of the molecule is Cc1cc(Cl)c(I)c(C(=O)Cl)c1. The maximum absolute atomic E-state index is 10.9. The van der Waals surface area contributed by atoms with Crippen molar-refractivity contribution in [3.63, 3.8) is 0 Å². The van der Waals surface area contributed by atoms with E-state index in [-0.39, 0.29) is 0 Å². The minimum absolute atomic E-state index is 0.468. The summed E-state index contributed by atoms with van der Waals surface area (Å²) >= 11 is 13.2. The van der Waals surface area contributed by atoms with Crippen LogP contribution >= 0.6 is 45.8 Å². The van der Waals surface area contributed by atoms with Gasteiger partial charge in [0.25, 0.3) is 5.24 Å². The van der Waals surface area contributed by atoms with E-state index in [0.29, 0.717) is 14.2 Å². The van der Waals surface area contributed by atoms with Gasteiger partial charge in [-0.25, -0.2) is 0 Å². The largest absolute Gasteiger partial charge is 0.276 e. The van der Waals surface area contributed by atoms with Crippen LogP contribution in [0.3, 0.4) is 0 Å². The van der Waals surface area contributed by atoms with Crippen molar-refractivity contribution in [2.45, 2.75) is 6.92 Å². The number of halogens is 3. The predicted molar refractivity (Wildman–Crippen MR) is 59.1 cm³/mol. The fraction of sp³-hybridized carbons (Fsp3) is 0.125. The first-order chi connectivity index (χ1) is 5.52. The maximum atomic E-state index is 10.9. The molecule has 1 aromatic rings. The number of hydrogen-bond donors (Lipinski definition) is 0. The quantitative estimate of drug-likeness (QED) is 0.571. The molecule has 0 unspecified atom stereocenters.